The van der Waals surface area contributed by atoms with Gasteiger partial charge in [-0.25, -0.2) is 0 Å². The van der Waals surface area contributed by atoms with E-state index in [4.69, 9.17) is 0 Å². The molecule has 2 aliphatic heterocycles. The van der Waals surface area contributed by atoms with Gasteiger partial charge in [0.2, 0.25) is 5.91 Å². The second-order valence-electron chi connectivity index (χ2n) is 9.05. The van der Waals surface area contributed by atoms with Crippen LogP contribution in [0.1, 0.15) is 63.3 Å². The number of piperidine rings is 2. The van der Waals surface area contributed by atoms with Gasteiger partial charge in [-0.3, -0.25) is 14.7 Å². The lowest BCUT2D eigenvalue weighted by atomic mass is 9.88. The first kappa shape index (κ1) is 24.1. The maximum atomic E-state index is 12.6. The Morgan fingerprint density at radius 2 is 1.97 bits per heavy atom. The molecular weight excluding hydrogens is 406 g/mol. The van der Waals surface area contributed by atoms with Gasteiger partial charge in [0.25, 0.3) is 0 Å². The highest BCUT2D eigenvalue weighted by atomic mass is 32.1. The van der Waals surface area contributed by atoms with Crippen molar-refractivity contribution in [3.05, 3.63) is 22.4 Å². The molecule has 1 aromatic rings. The molecule has 2 atom stereocenters. The van der Waals surface area contributed by atoms with E-state index in [0.29, 0.717) is 23.9 Å². The number of rotatable bonds is 7. The van der Waals surface area contributed by atoms with Crippen molar-refractivity contribution in [2.45, 2.75) is 64.5 Å². The van der Waals surface area contributed by atoms with Gasteiger partial charge in [-0.1, -0.05) is 19.9 Å². The molecule has 0 aliphatic carbocycles. The molecule has 1 amide bonds. The number of carbonyl (C=O) groups is 1. The summed E-state index contributed by atoms with van der Waals surface area (Å²) in [7, 11) is 4.10. The van der Waals surface area contributed by atoms with E-state index in [1.807, 2.05) is 18.4 Å². The predicted octanol–water partition coefficient (Wildman–Crippen LogP) is 3.72. The number of nitrogens with one attached hydrogen (secondary N) is 2. The molecule has 0 bridgehead atoms. The Morgan fingerprint density at radius 1 is 1.23 bits per heavy atom. The molecule has 2 unspecified atom stereocenters. The summed E-state index contributed by atoms with van der Waals surface area (Å²) in [5, 5.41) is 9.40. The SMILES string of the molecule is CCC(CC)C(=O)N1CCC(NC(=NC)NCC2CCCN(C)C2c2cccs2)CC1. The van der Waals surface area contributed by atoms with Crippen LogP contribution >= 0.6 is 11.3 Å². The zero-order valence-electron chi connectivity index (χ0n) is 19.8. The first-order chi connectivity index (χ1) is 15.1. The first-order valence-electron chi connectivity index (χ1n) is 12.1. The molecule has 0 aromatic carbocycles. The van der Waals surface area contributed by atoms with Gasteiger partial charge in [-0.15, -0.1) is 11.3 Å². The minimum atomic E-state index is 0.184. The number of carbonyl (C=O) groups excluding carboxylic acids is 1. The van der Waals surface area contributed by atoms with E-state index in [9.17, 15) is 4.79 Å². The average molecular weight is 448 g/mol. The minimum absolute atomic E-state index is 0.184. The van der Waals surface area contributed by atoms with Crippen LogP contribution < -0.4 is 10.6 Å². The Balaban J connectivity index is 1.48. The van der Waals surface area contributed by atoms with Crippen molar-refractivity contribution < 1.29 is 4.79 Å². The van der Waals surface area contributed by atoms with Gasteiger partial charge < -0.3 is 15.5 Å². The number of amides is 1. The van der Waals surface area contributed by atoms with Gasteiger partial charge >= 0.3 is 0 Å². The summed E-state index contributed by atoms with van der Waals surface area (Å²) in [5.41, 5.74) is 0. The van der Waals surface area contributed by atoms with E-state index in [-0.39, 0.29) is 5.92 Å². The molecule has 0 spiro atoms. The van der Waals surface area contributed by atoms with Gasteiger partial charge in [0.15, 0.2) is 5.96 Å². The molecule has 2 saturated heterocycles. The Labute approximate surface area is 192 Å². The van der Waals surface area contributed by atoms with Gasteiger partial charge in [-0.2, -0.15) is 0 Å². The molecule has 2 N–H and O–H groups in total. The number of hydrogen-bond donors (Lipinski definition) is 2. The van der Waals surface area contributed by atoms with Crippen molar-refractivity contribution in [1.82, 2.24) is 20.4 Å². The summed E-state index contributed by atoms with van der Waals surface area (Å²) in [6, 6.07) is 5.29. The van der Waals surface area contributed by atoms with E-state index in [1.165, 1.54) is 24.3 Å². The Kier molecular flexibility index (Phi) is 9.20. The molecule has 7 heteroatoms. The van der Waals surface area contributed by atoms with Crippen LogP contribution in [0.2, 0.25) is 0 Å². The summed E-state index contributed by atoms with van der Waals surface area (Å²) in [6.45, 7) is 8.01. The number of nitrogens with zero attached hydrogens (tertiary/aromatic N) is 3. The highest BCUT2D eigenvalue weighted by molar-refractivity contribution is 7.10. The van der Waals surface area contributed by atoms with Crippen LogP contribution in [-0.4, -0.2) is 68.0 Å². The van der Waals surface area contributed by atoms with Gasteiger partial charge in [0.1, 0.15) is 0 Å². The first-order valence-corrected chi connectivity index (χ1v) is 12.9. The monoisotopic (exact) mass is 447 g/mol. The fraction of sp³-hybridized carbons (Fsp3) is 0.750. The molecule has 174 valence electrons. The molecule has 3 heterocycles. The Hall–Kier alpha value is -1.60. The van der Waals surface area contributed by atoms with E-state index >= 15 is 0 Å². The van der Waals surface area contributed by atoms with Crippen molar-refractivity contribution in [2.75, 3.05) is 40.3 Å². The number of hydrogen-bond acceptors (Lipinski definition) is 4. The molecule has 2 fully saturated rings. The summed E-state index contributed by atoms with van der Waals surface area (Å²) in [4.78, 5) is 23.2. The number of likely N-dealkylation sites (tertiary alicyclic amines) is 2. The highest BCUT2D eigenvalue weighted by Gasteiger charge is 2.31. The fourth-order valence-corrected chi connectivity index (χ4v) is 6.12. The van der Waals surface area contributed by atoms with Crippen LogP contribution in [0, 0.1) is 11.8 Å². The molecule has 1 aromatic heterocycles. The zero-order valence-corrected chi connectivity index (χ0v) is 20.6. The lowest BCUT2D eigenvalue weighted by Gasteiger charge is -2.39. The second-order valence-corrected chi connectivity index (χ2v) is 10.0. The van der Waals surface area contributed by atoms with Crippen molar-refractivity contribution in [2.24, 2.45) is 16.8 Å². The van der Waals surface area contributed by atoms with Gasteiger partial charge in [0, 0.05) is 49.6 Å². The highest BCUT2D eigenvalue weighted by Crippen LogP contribution is 2.36. The second kappa shape index (κ2) is 11.9. The third-order valence-electron chi connectivity index (χ3n) is 7.08. The summed E-state index contributed by atoms with van der Waals surface area (Å²) < 4.78 is 0. The standard InChI is InChI=1S/C24H41N5OS/c1-5-18(6-2)23(30)29-14-11-20(12-15-29)27-24(25-3)26-17-19-9-7-13-28(4)22(19)21-10-8-16-31-21/h8,10,16,18-20,22H,5-7,9,11-15,17H2,1-4H3,(H2,25,26,27). The average Bonchev–Trinajstić information content (AvgIpc) is 3.32. The van der Waals surface area contributed by atoms with E-state index in [0.717, 1.165) is 51.3 Å². The van der Waals surface area contributed by atoms with Crippen molar-refractivity contribution in [3.63, 3.8) is 0 Å². The summed E-state index contributed by atoms with van der Waals surface area (Å²) in [5.74, 6) is 1.99. The van der Waals surface area contributed by atoms with Crippen molar-refractivity contribution >= 4 is 23.2 Å². The van der Waals surface area contributed by atoms with E-state index < -0.39 is 0 Å². The lowest BCUT2D eigenvalue weighted by molar-refractivity contribution is -0.136. The van der Waals surface area contributed by atoms with Crippen LogP contribution in [0.3, 0.4) is 0 Å². The maximum absolute atomic E-state index is 12.6. The molecular formula is C24H41N5OS. The Bertz CT molecular complexity index is 695. The van der Waals surface area contributed by atoms with Crippen LogP contribution in [0.5, 0.6) is 0 Å². The third-order valence-corrected chi connectivity index (χ3v) is 8.02. The van der Waals surface area contributed by atoms with Crippen LogP contribution in [0.25, 0.3) is 0 Å². The van der Waals surface area contributed by atoms with Crippen LogP contribution in [-0.2, 0) is 4.79 Å². The summed E-state index contributed by atoms with van der Waals surface area (Å²) in [6.07, 6.45) is 6.33. The van der Waals surface area contributed by atoms with Gasteiger partial charge in [-0.05, 0) is 69.5 Å². The molecule has 3 rings (SSSR count). The lowest BCUT2D eigenvalue weighted by Crippen LogP contribution is -2.51. The molecule has 2 aliphatic rings. The smallest absolute Gasteiger partial charge is 0.225 e. The zero-order chi connectivity index (χ0) is 22.2. The number of aliphatic imine (C=N–C) groups is 1. The minimum Gasteiger partial charge on any atom is -0.356 e. The van der Waals surface area contributed by atoms with Crippen molar-refractivity contribution in [1.29, 1.82) is 0 Å². The van der Waals surface area contributed by atoms with Crippen LogP contribution in [0.4, 0.5) is 0 Å². The van der Waals surface area contributed by atoms with E-state index in [2.05, 4.69) is 63.8 Å². The molecule has 0 radical (unpaired) electrons. The topological polar surface area (TPSA) is 60.0 Å². The molecule has 0 saturated carbocycles. The Morgan fingerprint density at radius 3 is 2.58 bits per heavy atom. The van der Waals surface area contributed by atoms with Gasteiger partial charge in [0.05, 0.1) is 0 Å². The number of thiophene rings is 1. The quantitative estimate of drug-likeness (QED) is 0.494. The predicted molar refractivity (Wildman–Crippen MR) is 131 cm³/mol. The number of guanidine groups is 1. The molecule has 31 heavy (non-hydrogen) atoms. The third kappa shape index (κ3) is 6.22. The van der Waals surface area contributed by atoms with E-state index in [1.54, 1.807) is 0 Å². The van der Waals surface area contributed by atoms with Crippen LogP contribution in [0.15, 0.2) is 22.5 Å². The molecule has 6 nitrogen and oxygen atoms in total. The van der Waals surface area contributed by atoms with Crippen molar-refractivity contribution in [3.8, 4) is 0 Å². The summed E-state index contributed by atoms with van der Waals surface area (Å²) >= 11 is 1.87. The fourth-order valence-electron chi connectivity index (χ4n) is 5.14. The maximum Gasteiger partial charge on any atom is 0.225 e. The largest absolute Gasteiger partial charge is 0.356 e. The normalized spacial score (nSPS) is 23.9.